The van der Waals surface area contributed by atoms with Crippen LogP contribution in [0.15, 0.2) is 52.9 Å². The molecule has 0 N–H and O–H groups in total. The molecule has 8 nitrogen and oxygen atoms in total. The molecule has 0 bridgehead atoms. The Labute approximate surface area is 217 Å². The Kier molecular flexibility index (Phi) is 7.83. The molecule has 0 saturated carbocycles. The summed E-state index contributed by atoms with van der Waals surface area (Å²) in [6, 6.07) is 17.7. The second-order valence-electron chi connectivity index (χ2n) is 9.83. The van der Waals surface area contributed by atoms with Crippen LogP contribution in [-0.2, 0) is 10.2 Å². The fourth-order valence-corrected chi connectivity index (χ4v) is 4.08. The molecule has 1 aromatic heterocycles. The first kappa shape index (κ1) is 25.8. The third-order valence-corrected chi connectivity index (χ3v) is 6.27. The minimum atomic E-state index is -0.107. The van der Waals surface area contributed by atoms with Crippen LogP contribution in [-0.4, -0.2) is 55.7 Å². The molecule has 0 aliphatic carbocycles. The van der Waals surface area contributed by atoms with Gasteiger partial charge in [-0.3, -0.25) is 4.79 Å². The first-order chi connectivity index (χ1) is 17.8. The number of piperazine rings is 1. The average molecular weight is 501 g/mol. The summed E-state index contributed by atoms with van der Waals surface area (Å²) in [7, 11) is 1.56. The maximum absolute atomic E-state index is 12.7. The number of hydrogen-bond acceptors (Lipinski definition) is 7. The highest BCUT2D eigenvalue weighted by atomic mass is 16.5. The number of nitriles is 1. The maximum Gasteiger partial charge on any atom is 0.260 e. The van der Waals surface area contributed by atoms with Gasteiger partial charge in [0.1, 0.15) is 6.07 Å². The molecule has 1 aliphatic heterocycles. The number of benzene rings is 2. The van der Waals surface area contributed by atoms with Crippen LogP contribution in [0, 0.1) is 11.3 Å². The Bertz CT molecular complexity index is 1290. The van der Waals surface area contributed by atoms with Crippen LogP contribution in [0.25, 0.3) is 12.2 Å². The molecule has 0 spiro atoms. The Hall–Kier alpha value is -4.25. The summed E-state index contributed by atoms with van der Waals surface area (Å²) in [6.45, 7) is 8.51. The van der Waals surface area contributed by atoms with Gasteiger partial charge >= 0.3 is 0 Å². The molecular weight excluding hydrogens is 468 g/mol. The maximum atomic E-state index is 12.7. The number of hydrogen-bond donors (Lipinski definition) is 0. The Balaban J connectivity index is 1.35. The van der Waals surface area contributed by atoms with E-state index in [9.17, 15) is 10.1 Å². The lowest BCUT2D eigenvalue weighted by atomic mass is 9.87. The van der Waals surface area contributed by atoms with Crippen LogP contribution in [0.5, 0.6) is 11.5 Å². The molecule has 0 radical (unpaired) electrons. The first-order valence-electron chi connectivity index (χ1n) is 12.3. The van der Waals surface area contributed by atoms with Crippen molar-refractivity contribution in [3.8, 4) is 17.6 Å². The monoisotopic (exact) mass is 500 g/mol. The standard InChI is InChI=1S/C29H32N4O4/c1-29(2,3)22-12-9-21(10-13-22)11-14-26-31-23(19-30)28(37-26)33-17-15-32(16-18-33)27(34)20-36-25-8-6-5-7-24(25)35-4/h5-14H,15-18,20H2,1-4H3/b14-11+. The van der Waals surface area contributed by atoms with Gasteiger partial charge in [0.05, 0.1) is 7.11 Å². The van der Waals surface area contributed by atoms with Crippen LogP contribution in [0.2, 0.25) is 0 Å². The first-order valence-corrected chi connectivity index (χ1v) is 12.3. The molecule has 0 unspecified atom stereocenters. The highest BCUT2D eigenvalue weighted by molar-refractivity contribution is 5.78. The van der Waals surface area contributed by atoms with Crippen molar-refractivity contribution in [2.24, 2.45) is 0 Å². The van der Waals surface area contributed by atoms with E-state index >= 15 is 0 Å². The summed E-state index contributed by atoms with van der Waals surface area (Å²) < 4.78 is 16.9. The molecule has 192 valence electrons. The Morgan fingerprint density at radius 3 is 2.35 bits per heavy atom. The van der Waals surface area contributed by atoms with Crippen molar-refractivity contribution in [2.75, 3.05) is 44.8 Å². The summed E-state index contributed by atoms with van der Waals surface area (Å²) in [5, 5.41) is 9.60. The Morgan fingerprint density at radius 2 is 1.73 bits per heavy atom. The van der Waals surface area contributed by atoms with Crippen molar-refractivity contribution >= 4 is 23.9 Å². The topological polar surface area (TPSA) is 91.8 Å². The van der Waals surface area contributed by atoms with Gasteiger partial charge in [-0.2, -0.15) is 10.2 Å². The number of carbonyl (C=O) groups excluding carboxylic acids is 1. The minimum Gasteiger partial charge on any atom is -0.493 e. The molecule has 2 heterocycles. The van der Waals surface area contributed by atoms with Gasteiger partial charge in [-0.25, -0.2) is 0 Å². The minimum absolute atomic E-state index is 0.0716. The molecule has 1 aliphatic rings. The lowest BCUT2D eigenvalue weighted by Crippen LogP contribution is -2.50. The fourth-order valence-electron chi connectivity index (χ4n) is 4.08. The van der Waals surface area contributed by atoms with E-state index in [1.807, 2.05) is 23.1 Å². The zero-order valence-corrected chi connectivity index (χ0v) is 21.7. The summed E-state index contributed by atoms with van der Waals surface area (Å²) in [5.41, 5.74) is 2.62. The van der Waals surface area contributed by atoms with Crippen molar-refractivity contribution in [1.82, 2.24) is 9.88 Å². The van der Waals surface area contributed by atoms with E-state index in [0.29, 0.717) is 49.5 Å². The van der Waals surface area contributed by atoms with Crippen molar-refractivity contribution in [3.05, 3.63) is 71.2 Å². The summed E-state index contributed by atoms with van der Waals surface area (Å²) in [4.78, 5) is 20.7. The highest BCUT2D eigenvalue weighted by Crippen LogP contribution is 2.27. The molecule has 0 atom stereocenters. The van der Waals surface area contributed by atoms with Crippen molar-refractivity contribution in [1.29, 1.82) is 5.26 Å². The van der Waals surface area contributed by atoms with E-state index in [4.69, 9.17) is 13.9 Å². The van der Waals surface area contributed by atoms with Gasteiger partial charge in [-0.1, -0.05) is 57.2 Å². The highest BCUT2D eigenvalue weighted by Gasteiger charge is 2.26. The van der Waals surface area contributed by atoms with Crippen LogP contribution < -0.4 is 14.4 Å². The molecular formula is C29H32N4O4. The third kappa shape index (κ3) is 6.31. The molecule has 1 amide bonds. The molecule has 4 rings (SSSR count). The molecule has 1 fully saturated rings. The van der Waals surface area contributed by atoms with Gasteiger partial charge in [-0.05, 0) is 34.8 Å². The molecule has 37 heavy (non-hydrogen) atoms. The van der Waals surface area contributed by atoms with Gasteiger partial charge < -0.3 is 23.7 Å². The number of rotatable bonds is 7. The number of anilines is 1. The summed E-state index contributed by atoms with van der Waals surface area (Å²) in [6.07, 6.45) is 3.69. The number of nitrogens with zero attached hydrogens (tertiary/aromatic N) is 4. The predicted octanol–water partition coefficient (Wildman–Crippen LogP) is 4.75. The van der Waals surface area contributed by atoms with Crippen LogP contribution in [0.4, 0.5) is 5.88 Å². The number of oxazole rings is 1. The van der Waals surface area contributed by atoms with E-state index in [1.54, 1.807) is 30.2 Å². The number of methoxy groups -OCH3 is 1. The van der Waals surface area contributed by atoms with E-state index in [-0.39, 0.29) is 23.6 Å². The fraction of sp³-hybridized carbons (Fsp3) is 0.345. The smallest absolute Gasteiger partial charge is 0.260 e. The number of carbonyl (C=O) groups is 1. The Morgan fingerprint density at radius 1 is 1.05 bits per heavy atom. The number of para-hydroxylation sites is 2. The zero-order valence-electron chi connectivity index (χ0n) is 21.7. The zero-order chi connectivity index (χ0) is 26.4. The normalized spacial score (nSPS) is 14.0. The average Bonchev–Trinajstić information content (AvgIpc) is 3.34. The lowest BCUT2D eigenvalue weighted by Gasteiger charge is -2.34. The van der Waals surface area contributed by atoms with Gasteiger partial charge in [0, 0.05) is 32.3 Å². The largest absolute Gasteiger partial charge is 0.493 e. The molecule has 2 aromatic carbocycles. The second kappa shape index (κ2) is 11.2. The SMILES string of the molecule is COc1ccccc1OCC(=O)N1CCN(c2oc(/C=C/c3ccc(C(C)(C)C)cc3)nc2C#N)CC1. The summed E-state index contributed by atoms with van der Waals surface area (Å²) >= 11 is 0. The van der Waals surface area contributed by atoms with Crippen LogP contribution in [0.1, 0.15) is 43.5 Å². The van der Waals surface area contributed by atoms with E-state index in [0.717, 1.165) is 5.56 Å². The predicted molar refractivity (Wildman–Crippen MR) is 143 cm³/mol. The molecule has 3 aromatic rings. The third-order valence-electron chi connectivity index (χ3n) is 6.27. The van der Waals surface area contributed by atoms with Crippen LogP contribution in [0.3, 0.4) is 0 Å². The van der Waals surface area contributed by atoms with Gasteiger partial charge in [0.25, 0.3) is 5.91 Å². The number of ether oxygens (including phenoxy) is 2. The van der Waals surface area contributed by atoms with E-state index in [1.165, 1.54) is 5.56 Å². The van der Waals surface area contributed by atoms with Crippen LogP contribution >= 0.6 is 0 Å². The summed E-state index contributed by atoms with van der Waals surface area (Å²) in [5.74, 6) is 1.81. The van der Waals surface area contributed by atoms with E-state index < -0.39 is 0 Å². The van der Waals surface area contributed by atoms with Crippen molar-refractivity contribution in [3.63, 3.8) is 0 Å². The van der Waals surface area contributed by atoms with Crippen molar-refractivity contribution in [2.45, 2.75) is 26.2 Å². The lowest BCUT2D eigenvalue weighted by molar-refractivity contribution is -0.133. The number of amides is 1. The van der Waals surface area contributed by atoms with Gasteiger partial charge in [-0.15, -0.1) is 0 Å². The van der Waals surface area contributed by atoms with Gasteiger partial charge in [0.2, 0.25) is 17.5 Å². The quantitative estimate of drug-likeness (QED) is 0.462. The molecule has 1 saturated heterocycles. The van der Waals surface area contributed by atoms with E-state index in [2.05, 4.69) is 56.1 Å². The van der Waals surface area contributed by atoms with Crippen molar-refractivity contribution < 1.29 is 18.7 Å². The van der Waals surface area contributed by atoms with Gasteiger partial charge in [0.15, 0.2) is 18.1 Å². The molecule has 8 heteroatoms. The number of aromatic nitrogens is 1. The second-order valence-corrected chi connectivity index (χ2v) is 9.83.